The van der Waals surface area contributed by atoms with Crippen LogP contribution >= 0.6 is 15.9 Å². The fourth-order valence-corrected chi connectivity index (χ4v) is 3.28. The van der Waals surface area contributed by atoms with Gasteiger partial charge in [-0.2, -0.15) is 0 Å². The highest BCUT2D eigenvalue weighted by Gasteiger charge is 2.13. The van der Waals surface area contributed by atoms with E-state index >= 15 is 0 Å². The summed E-state index contributed by atoms with van der Waals surface area (Å²) in [4.78, 5) is 0. The second-order valence-electron chi connectivity index (χ2n) is 9.45. The molecule has 0 nitrogen and oxygen atoms in total. The minimum Gasteiger partial charge on any atom is -0.0605 e. The Morgan fingerprint density at radius 2 is 1.04 bits per heavy atom. The monoisotopic (exact) mass is 436 g/mol. The van der Waals surface area contributed by atoms with Crippen molar-refractivity contribution in [2.45, 2.75) is 59.3 Å². The molecule has 0 aliphatic carbocycles. The molecular weight excluding hydrogens is 404 g/mol. The highest BCUT2D eigenvalue weighted by atomic mass is 79.9. The molecule has 0 amide bonds. The Morgan fingerprint density at radius 3 is 1.46 bits per heavy atom. The molecule has 0 aromatic heterocycles. The van der Waals surface area contributed by atoms with E-state index in [1.54, 1.807) is 0 Å². The smallest absolute Gasteiger partial charge is 0.0181 e. The van der Waals surface area contributed by atoms with Gasteiger partial charge in [0.05, 0.1) is 0 Å². The van der Waals surface area contributed by atoms with Crippen LogP contribution in [0.3, 0.4) is 0 Å². The average molecular weight is 437 g/mol. The first-order chi connectivity index (χ1) is 13.0. The average Bonchev–Trinajstić information content (AvgIpc) is 2.61. The molecule has 0 saturated heterocycles. The molecule has 0 unspecified atom stereocenters. The SMILES string of the molecule is CC(C)(C)c1ccc(-c2cccc(Br)c2)cc1.Cc1ccc(C(C)(C)C)cc1. The fourth-order valence-electron chi connectivity index (χ4n) is 2.88. The maximum Gasteiger partial charge on any atom is 0.0181 e. The first kappa shape index (κ1) is 22.4. The van der Waals surface area contributed by atoms with E-state index in [1.807, 2.05) is 6.07 Å². The summed E-state index contributed by atoms with van der Waals surface area (Å²) in [6.07, 6.45) is 0. The maximum absolute atomic E-state index is 3.51. The molecule has 0 aliphatic heterocycles. The van der Waals surface area contributed by atoms with Crippen LogP contribution in [0.15, 0.2) is 77.3 Å². The van der Waals surface area contributed by atoms with Crippen molar-refractivity contribution in [1.29, 1.82) is 0 Å². The van der Waals surface area contributed by atoms with Crippen LogP contribution in [0.4, 0.5) is 0 Å². The van der Waals surface area contributed by atoms with E-state index in [1.165, 1.54) is 27.8 Å². The fraction of sp³-hybridized carbons (Fsp3) is 0.333. The first-order valence-electron chi connectivity index (χ1n) is 9.90. The van der Waals surface area contributed by atoms with Crippen LogP contribution in [0.1, 0.15) is 58.2 Å². The maximum atomic E-state index is 3.51. The van der Waals surface area contributed by atoms with Crippen molar-refractivity contribution in [3.63, 3.8) is 0 Å². The van der Waals surface area contributed by atoms with Gasteiger partial charge in [-0.15, -0.1) is 0 Å². The first-order valence-corrected chi connectivity index (χ1v) is 10.7. The summed E-state index contributed by atoms with van der Waals surface area (Å²) < 4.78 is 1.12. The van der Waals surface area contributed by atoms with E-state index in [9.17, 15) is 0 Å². The summed E-state index contributed by atoms with van der Waals surface area (Å²) in [5.74, 6) is 0. The normalized spacial score (nSPS) is 11.6. The minimum absolute atomic E-state index is 0.218. The van der Waals surface area contributed by atoms with Gasteiger partial charge in [-0.1, -0.05) is 124 Å². The summed E-state index contributed by atoms with van der Waals surface area (Å²) in [6, 6.07) is 26.0. The van der Waals surface area contributed by atoms with Gasteiger partial charge in [-0.3, -0.25) is 0 Å². The van der Waals surface area contributed by atoms with Gasteiger partial charge in [0, 0.05) is 4.47 Å². The Labute approximate surface area is 180 Å². The molecule has 1 heteroatoms. The lowest BCUT2D eigenvalue weighted by molar-refractivity contribution is 0.590. The summed E-state index contributed by atoms with van der Waals surface area (Å²) in [5, 5.41) is 0. The third kappa shape index (κ3) is 6.63. The quantitative estimate of drug-likeness (QED) is 0.357. The van der Waals surface area contributed by atoms with Crippen LogP contribution in [-0.4, -0.2) is 0 Å². The number of benzene rings is 3. The van der Waals surface area contributed by atoms with Crippen molar-refractivity contribution >= 4 is 15.9 Å². The highest BCUT2D eigenvalue weighted by molar-refractivity contribution is 9.10. The molecule has 148 valence electrons. The number of hydrogen-bond donors (Lipinski definition) is 0. The lowest BCUT2D eigenvalue weighted by atomic mass is 9.86. The van der Waals surface area contributed by atoms with E-state index < -0.39 is 0 Å². The zero-order valence-corrected chi connectivity index (χ0v) is 19.9. The third-order valence-electron chi connectivity index (χ3n) is 4.83. The third-order valence-corrected chi connectivity index (χ3v) is 5.32. The molecule has 0 bridgehead atoms. The van der Waals surface area contributed by atoms with Crippen LogP contribution in [0, 0.1) is 6.92 Å². The van der Waals surface area contributed by atoms with Crippen molar-refractivity contribution in [3.8, 4) is 11.1 Å². The number of halogens is 1. The van der Waals surface area contributed by atoms with Crippen LogP contribution in [-0.2, 0) is 10.8 Å². The Kier molecular flexibility index (Phi) is 7.28. The molecule has 0 heterocycles. The van der Waals surface area contributed by atoms with Crippen molar-refractivity contribution in [1.82, 2.24) is 0 Å². The second-order valence-corrected chi connectivity index (χ2v) is 10.4. The summed E-state index contributed by atoms with van der Waals surface area (Å²) in [5.41, 5.74) is 7.13. The Morgan fingerprint density at radius 1 is 0.571 bits per heavy atom. The van der Waals surface area contributed by atoms with Crippen molar-refractivity contribution in [3.05, 3.63) is 94.0 Å². The molecule has 0 saturated carbocycles. The van der Waals surface area contributed by atoms with Gasteiger partial charge in [0.1, 0.15) is 0 Å². The molecule has 28 heavy (non-hydrogen) atoms. The van der Waals surface area contributed by atoms with Gasteiger partial charge >= 0.3 is 0 Å². The zero-order valence-electron chi connectivity index (χ0n) is 18.3. The predicted octanol–water partition coefficient (Wildman–Crippen LogP) is 8.71. The highest BCUT2D eigenvalue weighted by Crippen LogP contribution is 2.27. The summed E-state index contributed by atoms with van der Waals surface area (Å²) in [7, 11) is 0. The lowest BCUT2D eigenvalue weighted by Crippen LogP contribution is -2.10. The summed E-state index contributed by atoms with van der Waals surface area (Å²) >= 11 is 3.51. The topological polar surface area (TPSA) is 0 Å². The molecule has 0 fully saturated rings. The molecule has 0 spiro atoms. The lowest BCUT2D eigenvalue weighted by Gasteiger charge is -2.19. The van der Waals surface area contributed by atoms with Crippen molar-refractivity contribution in [2.75, 3.05) is 0 Å². The minimum atomic E-state index is 0.218. The van der Waals surface area contributed by atoms with Crippen LogP contribution in [0.5, 0.6) is 0 Å². The molecule has 3 rings (SSSR count). The van der Waals surface area contributed by atoms with Gasteiger partial charge in [0.25, 0.3) is 0 Å². The Hall–Kier alpha value is -1.86. The molecule has 0 N–H and O–H groups in total. The van der Waals surface area contributed by atoms with Gasteiger partial charge in [0.2, 0.25) is 0 Å². The Balaban J connectivity index is 0.000000221. The van der Waals surface area contributed by atoms with Crippen LogP contribution in [0.25, 0.3) is 11.1 Å². The standard InChI is InChI=1S/C16H17Br.C11H16/c1-16(2,3)14-9-7-12(8-10-14)13-5-4-6-15(17)11-13;1-9-5-7-10(8-6-9)11(2,3)4/h4-11H,1-3H3;5-8H,1-4H3. The molecule has 0 atom stereocenters. The Bertz CT molecular complexity index is 873. The zero-order chi connectivity index (χ0) is 20.9. The number of aryl methyl sites for hydroxylation is 1. The molecule has 3 aromatic rings. The van der Waals surface area contributed by atoms with E-state index in [0.29, 0.717) is 0 Å². The molecule has 0 radical (unpaired) electrons. The van der Waals surface area contributed by atoms with Gasteiger partial charge in [-0.05, 0) is 52.1 Å². The largest absolute Gasteiger partial charge is 0.0605 e. The number of hydrogen-bond acceptors (Lipinski definition) is 0. The molecule has 3 aromatic carbocycles. The second kappa shape index (κ2) is 9.09. The summed E-state index contributed by atoms with van der Waals surface area (Å²) in [6.45, 7) is 15.5. The number of rotatable bonds is 1. The van der Waals surface area contributed by atoms with Crippen molar-refractivity contribution < 1.29 is 0 Å². The van der Waals surface area contributed by atoms with Gasteiger partial charge in [-0.25, -0.2) is 0 Å². The molecular formula is C27H33Br. The van der Waals surface area contributed by atoms with Gasteiger partial charge < -0.3 is 0 Å². The van der Waals surface area contributed by atoms with E-state index in [2.05, 4.69) is 131 Å². The van der Waals surface area contributed by atoms with Crippen LogP contribution < -0.4 is 0 Å². The van der Waals surface area contributed by atoms with Crippen LogP contribution in [0.2, 0.25) is 0 Å². The predicted molar refractivity (Wildman–Crippen MR) is 128 cm³/mol. The van der Waals surface area contributed by atoms with E-state index in [-0.39, 0.29) is 10.8 Å². The molecule has 0 aliphatic rings. The van der Waals surface area contributed by atoms with Crippen molar-refractivity contribution in [2.24, 2.45) is 0 Å². The van der Waals surface area contributed by atoms with E-state index in [0.717, 1.165) is 4.47 Å². The van der Waals surface area contributed by atoms with E-state index in [4.69, 9.17) is 0 Å². The van der Waals surface area contributed by atoms with Gasteiger partial charge in [0.15, 0.2) is 0 Å².